The van der Waals surface area contributed by atoms with E-state index in [1.807, 2.05) is 0 Å². The third-order valence-corrected chi connectivity index (χ3v) is 2.71. The van der Waals surface area contributed by atoms with E-state index >= 15 is 0 Å². The van der Waals surface area contributed by atoms with Crippen molar-refractivity contribution in [3.63, 3.8) is 0 Å². The van der Waals surface area contributed by atoms with E-state index < -0.39 is 26.3 Å². The smallest absolute Gasteiger partial charge is 0.264 e. The van der Waals surface area contributed by atoms with Crippen molar-refractivity contribution < 1.29 is 29.9 Å². The molecule has 0 amide bonds. The van der Waals surface area contributed by atoms with Crippen LogP contribution in [-0.2, 0) is 33.3 Å². The molecule has 106 valence electrons. The summed E-state index contributed by atoms with van der Waals surface area (Å²) >= 11 is 0. The first-order valence-electron chi connectivity index (χ1n) is 4.84. The van der Waals surface area contributed by atoms with Crippen LogP contribution in [0.3, 0.4) is 0 Å². The van der Waals surface area contributed by atoms with Crippen LogP contribution in [0.1, 0.15) is 6.42 Å². The lowest BCUT2D eigenvalue weighted by molar-refractivity contribution is 0.0544. The molecular formula is C8H15NO7S2. The summed E-state index contributed by atoms with van der Waals surface area (Å²) in [6.07, 6.45) is 0.974. The van der Waals surface area contributed by atoms with Gasteiger partial charge in [-0.15, -0.1) is 0 Å². The van der Waals surface area contributed by atoms with E-state index in [1.165, 1.54) is 0 Å². The van der Waals surface area contributed by atoms with E-state index in [0.717, 1.165) is 12.5 Å². The molecule has 10 heteroatoms. The van der Waals surface area contributed by atoms with Crippen molar-refractivity contribution in [1.29, 1.82) is 5.26 Å². The summed E-state index contributed by atoms with van der Waals surface area (Å²) in [6, 6.07) is 1.78. The second-order valence-corrected chi connectivity index (χ2v) is 6.62. The highest BCUT2D eigenvalue weighted by molar-refractivity contribution is 7.86. The van der Waals surface area contributed by atoms with Crippen molar-refractivity contribution >= 4 is 20.2 Å². The number of nitrogens with zero attached hydrogens (tertiary/aromatic N) is 1. The number of nitriles is 1. The van der Waals surface area contributed by atoms with Crippen molar-refractivity contribution in [2.45, 2.75) is 12.5 Å². The Kier molecular flexibility index (Phi) is 7.34. The molecule has 0 rings (SSSR count). The predicted octanol–water partition coefficient (Wildman–Crippen LogP) is -0.762. The van der Waals surface area contributed by atoms with Gasteiger partial charge in [0.1, 0.15) is 6.10 Å². The van der Waals surface area contributed by atoms with Gasteiger partial charge in [0, 0.05) is 6.42 Å². The van der Waals surface area contributed by atoms with E-state index in [-0.39, 0.29) is 26.2 Å². The van der Waals surface area contributed by atoms with Crippen LogP contribution >= 0.6 is 0 Å². The van der Waals surface area contributed by atoms with E-state index in [1.54, 1.807) is 6.07 Å². The average molecular weight is 301 g/mol. The Morgan fingerprint density at radius 3 is 1.94 bits per heavy atom. The summed E-state index contributed by atoms with van der Waals surface area (Å²) in [5.74, 6) is 0. The van der Waals surface area contributed by atoms with E-state index in [9.17, 15) is 16.8 Å². The normalized spacial score (nSPS) is 14.1. The van der Waals surface area contributed by atoms with Gasteiger partial charge < -0.3 is 4.74 Å². The van der Waals surface area contributed by atoms with Gasteiger partial charge in [-0.25, -0.2) is 0 Å². The Morgan fingerprint density at radius 2 is 1.50 bits per heavy atom. The zero-order chi connectivity index (χ0) is 14.2. The molecular weight excluding hydrogens is 286 g/mol. The number of rotatable bonds is 9. The fourth-order valence-electron chi connectivity index (χ4n) is 0.867. The first-order valence-corrected chi connectivity index (χ1v) is 8.47. The minimum atomic E-state index is -3.54. The summed E-state index contributed by atoms with van der Waals surface area (Å²) in [7, 11) is -7.07. The van der Waals surface area contributed by atoms with Gasteiger partial charge in [0.25, 0.3) is 20.2 Å². The van der Waals surface area contributed by atoms with Crippen molar-refractivity contribution in [1.82, 2.24) is 0 Å². The summed E-state index contributed by atoms with van der Waals surface area (Å²) in [5, 5.41) is 8.68. The largest absolute Gasteiger partial charge is 0.361 e. The molecule has 0 fully saturated rings. The molecule has 0 spiro atoms. The topological polar surface area (TPSA) is 120 Å². The van der Waals surface area contributed by atoms with Crippen LogP contribution in [0.25, 0.3) is 0 Å². The predicted molar refractivity (Wildman–Crippen MR) is 61.6 cm³/mol. The maximum atomic E-state index is 10.6. The quantitative estimate of drug-likeness (QED) is 0.402. The second kappa shape index (κ2) is 7.65. The summed E-state index contributed by atoms with van der Waals surface area (Å²) in [6.45, 7) is -0.474. The van der Waals surface area contributed by atoms with E-state index in [0.29, 0.717) is 0 Å². The van der Waals surface area contributed by atoms with Gasteiger partial charge in [-0.3, -0.25) is 8.37 Å². The summed E-state index contributed by atoms with van der Waals surface area (Å²) < 4.78 is 56.3. The molecule has 0 aliphatic rings. The van der Waals surface area contributed by atoms with Crippen LogP contribution in [0.2, 0.25) is 0 Å². The second-order valence-electron chi connectivity index (χ2n) is 3.33. The molecule has 0 bridgehead atoms. The zero-order valence-corrected chi connectivity index (χ0v) is 11.7. The number of hydrogen-bond donors (Lipinski definition) is 0. The maximum Gasteiger partial charge on any atom is 0.264 e. The monoisotopic (exact) mass is 301 g/mol. The molecule has 0 aromatic carbocycles. The fourth-order valence-corrected chi connectivity index (χ4v) is 1.64. The van der Waals surface area contributed by atoms with Gasteiger partial charge >= 0.3 is 0 Å². The highest BCUT2D eigenvalue weighted by Gasteiger charge is 2.10. The third kappa shape index (κ3) is 11.7. The van der Waals surface area contributed by atoms with Crippen LogP contribution in [0, 0.1) is 11.3 Å². The number of hydrogen-bond acceptors (Lipinski definition) is 8. The molecule has 18 heavy (non-hydrogen) atoms. The van der Waals surface area contributed by atoms with E-state index in [4.69, 9.17) is 10.00 Å². The highest BCUT2D eigenvalue weighted by Crippen LogP contribution is 2.00. The van der Waals surface area contributed by atoms with Crippen molar-refractivity contribution in [3.8, 4) is 6.07 Å². The maximum absolute atomic E-state index is 10.6. The highest BCUT2D eigenvalue weighted by atomic mass is 32.2. The van der Waals surface area contributed by atoms with Gasteiger partial charge in [0.05, 0.1) is 38.4 Å². The molecule has 0 aromatic rings. The first kappa shape index (κ1) is 17.3. The summed E-state index contributed by atoms with van der Waals surface area (Å²) in [5.41, 5.74) is 0. The lowest BCUT2D eigenvalue weighted by Gasteiger charge is -2.10. The van der Waals surface area contributed by atoms with Gasteiger partial charge in [-0.05, 0) is 0 Å². The Bertz CT molecular complexity index is 476. The van der Waals surface area contributed by atoms with E-state index in [2.05, 4.69) is 8.37 Å². The zero-order valence-electron chi connectivity index (χ0n) is 10.0. The van der Waals surface area contributed by atoms with Crippen molar-refractivity contribution in [2.24, 2.45) is 0 Å². The molecule has 0 saturated heterocycles. The first-order chi connectivity index (χ1) is 8.14. The Morgan fingerprint density at radius 1 is 1.00 bits per heavy atom. The van der Waals surface area contributed by atoms with Crippen molar-refractivity contribution in [3.05, 3.63) is 0 Å². The third-order valence-electron chi connectivity index (χ3n) is 1.52. The Balaban J connectivity index is 3.82. The minimum absolute atomic E-state index is 0.0580. The molecule has 0 saturated carbocycles. The number of ether oxygens (including phenoxy) is 1. The lowest BCUT2D eigenvalue weighted by Crippen LogP contribution is -2.18. The Labute approximate surface area is 107 Å². The molecule has 0 aromatic heterocycles. The average Bonchev–Trinajstić information content (AvgIpc) is 2.18. The molecule has 0 aliphatic heterocycles. The molecule has 1 unspecified atom stereocenters. The van der Waals surface area contributed by atoms with Crippen LogP contribution < -0.4 is 0 Å². The summed E-state index contributed by atoms with van der Waals surface area (Å²) in [4.78, 5) is 0. The minimum Gasteiger partial charge on any atom is -0.361 e. The van der Waals surface area contributed by atoms with Crippen LogP contribution in [0.4, 0.5) is 0 Å². The Hall–Kier alpha value is -0.730. The van der Waals surface area contributed by atoms with Crippen molar-refractivity contribution in [2.75, 3.05) is 32.3 Å². The lowest BCUT2D eigenvalue weighted by atomic mass is 10.3. The van der Waals surface area contributed by atoms with Gasteiger partial charge in [-0.2, -0.15) is 22.1 Å². The van der Waals surface area contributed by atoms with Crippen LogP contribution in [0.15, 0.2) is 0 Å². The molecule has 0 N–H and O–H groups in total. The molecule has 1 atom stereocenters. The molecule has 8 nitrogen and oxygen atoms in total. The molecule has 0 heterocycles. The van der Waals surface area contributed by atoms with Crippen LogP contribution in [0.5, 0.6) is 0 Å². The van der Waals surface area contributed by atoms with Gasteiger partial charge in [0.15, 0.2) is 0 Å². The molecule has 0 aliphatic carbocycles. The van der Waals surface area contributed by atoms with Gasteiger partial charge in [0.2, 0.25) is 0 Å². The van der Waals surface area contributed by atoms with Gasteiger partial charge in [-0.1, -0.05) is 0 Å². The standard InChI is InChI=1S/C8H15NO7S2/c1-17(10,11)15-4-3-8(7-9)14-5-6-16-18(2,12)13/h8H,3-6H2,1-2H3. The fraction of sp³-hybridized carbons (Fsp3) is 0.875. The SMILES string of the molecule is CS(=O)(=O)OCCOC(C#N)CCOS(C)(=O)=O. The van der Waals surface area contributed by atoms with Crippen LogP contribution in [-0.4, -0.2) is 55.3 Å². The molecule has 0 radical (unpaired) electrons.